The quantitative estimate of drug-likeness (QED) is 0.448. The van der Waals surface area contributed by atoms with Crippen LogP contribution in [0.4, 0.5) is 5.95 Å². The van der Waals surface area contributed by atoms with Crippen molar-refractivity contribution in [3.63, 3.8) is 0 Å². The van der Waals surface area contributed by atoms with Crippen molar-refractivity contribution in [2.24, 2.45) is 0 Å². The van der Waals surface area contributed by atoms with E-state index in [0.29, 0.717) is 43.0 Å². The van der Waals surface area contributed by atoms with Crippen LogP contribution in [0.25, 0.3) is 0 Å². The molecule has 2 aliphatic heterocycles. The van der Waals surface area contributed by atoms with E-state index in [2.05, 4.69) is 14.9 Å². The lowest BCUT2D eigenvalue weighted by molar-refractivity contribution is 0.0790. The third kappa shape index (κ3) is 4.01. The van der Waals surface area contributed by atoms with Crippen LogP contribution in [0.3, 0.4) is 0 Å². The molecule has 3 heterocycles. The number of rotatable bonds is 5. The monoisotopic (exact) mass is 410 g/mol. The maximum Gasteiger partial charge on any atom is 0.489 e. The van der Waals surface area contributed by atoms with E-state index >= 15 is 0 Å². The molecule has 3 N–H and O–H groups in total. The molecule has 1 atom stereocenters. The highest BCUT2D eigenvalue weighted by Gasteiger charge is 2.30. The summed E-state index contributed by atoms with van der Waals surface area (Å²) in [4.78, 5) is 47.5. The van der Waals surface area contributed by atoms with Gasteiger partial charge in [0.15, 0.2) is 0 Å². The number of hydrogen-bond acceptors (Lipinski definition) is 7. The third-order valence-corrected chi connectivity index (χ3v) is 5.79. The molecule has 2 aliphatic rings. The molecule has 1 aromatic carbocycles. The third-order valence-electron chi connectivity index (χ3n) is 5.79. The molecule has 156 valence electrons. The molecule has 0 radical (unpaired) electrons. The van der Waals surface area contributed by atoms with E-state index in [9.17, 15) is 24.4 Å². The Bertz CT molecular complexity index is 1020. The molecule has 0 aliphatic carbocycles. The minimum Gasteiger partial charge on any atom is -0.423 e. The Morgan fingerprint density at radius 2 is 1.97 bits per heavy atom. The zero-order valence-corrected chi connectivity index (χ0v) is 16.5. The highest BCUT2D eigenvalue weighted by Crippen LogP contribution is 2.27. The van der Waals surface area contributed by atoms with Gasteiger partial charge in [0.2, 0.25) is 5.95 Å². The first kappa shape index (κ1) is 20.3. The molecule has 2 fully saturated rings. The second-order valence-corrected chi connectivity index (χ2v) is 7.76. The van der Waals surface area contributed by atoms with Crippen molar-refractivity contribution in [3.05, 3.63) is 51.4 Å². The topological polar surface area (TPSA) is 127 Å². The van der Waals surface area contributed by atoms with Crippen molar-refractivity contribution >= 4 is 30.7 Å². The van der Waals surface area contributed by atoms with Gasteiger partial charge in [0.05, 0.1) is 5.69 Å². The molecule has 9 nitrogen and oxygen atoms in total. The van der Waals surface area contributed by atoms with E-state index in [0.717, 1.165) is 25.9 Å². The molecule has 2 saturated heterocycles. The Balaban J connectivity index is 1.51. The number of likely N-dealkylation sites (tertiary alicyclic amines) is 1. The molecular formula is C20H23BN4O5. The summed E-state index contributed by atoms with van der Waals surface area (Å²) in [5.74, 6) is 0.305. The number of H-pyrrole nitrogens is 1. The Morgan fingerprint density at radius 1 is 1.20 bits per heavy atom. The number of aromatic amines is 1. The van der Waals surface area contributed by atoms with Gasteiger partial charge >= 0.3 is 7.12 Å². The highest BCUT2D eigenvalue weighted by molar-refractivity contribution is 6.60. The Labute approximate surface area is 173 Å². The zero-order valence-electron chi connectivity index (χ0n) is 16.5. The van der Waals surface area contributed by atoms with Crippen LogP contribution < -0.4 is 15.9 Å². The lowest BCUT2D eigenvalue weighted by Crippen LogP contribution is -2.34. The van der Waals surface area contributed by atoms with Gasteiger partial charge in [0.25, 0.3) is 11.5 Å². The number of benzene rings is 1. The van der Waals surface area contributed by atoms with Gasteiger partial charge in [0.1, 0.15) is 6.29 Å². The molecule has 1 aromatic heterocycles. The summed E-state index contributed by atoms with van der Waals surface area (Å²) in [6, 6.07) is 5.72. The number of carbonyl (C=O) groups excluding carboxylic acids is 2. The molecule has 10 heteroatoms. The summed E-state index contributed by atoms with van der Waals surface area (Å²) in [5.41, 5.74) is 0.920. The summed E-state index contributed by atoms with van der Waals surface area (Å²) in [7, 11) is -1.78. The van der Waals surface area contributed by atoms with Crippen molar-refractivity contribution in [2.75, 3.05) is 31.1 Å². The second kappa shape index (κ2) is 8.41. The minimum atomic E-state index is -1.78. The number of nitrogens with one attached hydrogen (secondary N) is 1. The molecule has 0 spiro atoms. The number of hydrogen-bond donors (Lipinski definition) is 3. The molecule has 4 rings (SSSR count). The molecular weight excluding hydrogens is 387 g/mol. The lowest BCUT2D eigenvalue weighted by atomic mass is 9.77. The number of aldehydes is 1. The van der Waals surface area contributed by atoms with Gasteiger partial charge in [-0.25, -0.2) is 4.98 Å². The second-order valence-electron chi connectivity index (χ2n) is 7.76. The summed E-state index contributed by atoms with van der Waals surface area (Å²) >= 11 is 0. The maximum atomic E-state index is 12.9. The van der Waals surface area contributed by atoms with Gasteiger partial charge < -0.3 is 19.8 Å². The number of aromatic nitrogens is 2. The fourth-order valence-corrected chi connectivity index (χ4v) is 4.16. The first-order valence-electron chi connectivity index (χ1n) is 10.1. The summed E-state index contributed by atoms with van der Waals surface area (Å²) < 4.78 is 0. The predicted molar refractivity (Wildman–Crippen MR) is 111 cm³/mol. The summed E-state index contributed by atoms with van der Waals surface area (Å²) in [6.45, 7) is 2.69. The normalized spacial score (nSPS) is 18.7. The van der Waals surface area contributed by atoms with Crippen LogP contribution in [0.5, 0.6) is 0 Å². The molecule has 1 unspecified atom stereocenters. The average Bonchev–Trinajstić information content (AvgIpc) is 3.44. The van der Waals surface area contributed by atoms with Crippen molar-refractivity contribution < 1.29 is 19.6 Å². The molecule has 1 amide bonds. The number of nitrogens with zero attached hydrogens (tertiary/aromatic N) is 3. The lowest BCUT2D eigenvalue weighted by Gasteiger charge is -2.19. The first-order valence-corrected chi connectivity index (χ1v) is 10.1. The first-order chi connectivity index (χ1) is 14.5. The molecule has 2 aromatic rings. The van der Waals surface area contributed by atoms with Crippen molar-refractivity contribution in [2.45, 2.75) is 25.2 Å². The minimum absolute atomic E-state index is 0.0401. The predicted octanol–water partition coefficient (Wildman–Crippen LogP) is -0.508. The zero-order chi connectivity index (χ0) is 21.3. The van der Waals surface area contributed by atoms with Gasteiger partial charge in [-0.15, -0.1) is 0 Å². The van der Waals surface area contributed by atoms with Crippen molar-refractivity contribution in [1.29, 1.82) is 0 Å². The number of anilines is 1. The highest BCUT2D eigenvalue weighted by atomic mass is 16.4. The Hall–Kier alpha value is -2.98. The molecule has 0 saturated carbocycles. The van der Waals surface area contributed by atoms with E-state index in [1.54, 1.807) is 4.90 Å². The fraction of sp³-hybridized carbons (Fsp3) is 0.400. The largest absolute Gasteiger partial charge is 0.489 e. The van der Waals surface area contributed by atoms with E-state index in [4.69, 9.17) is 0 Å². The van der Waals surface area contributed by atoms with E-state index in [1.807, 2.05) is 0 Å². The SMILES string of the molecule is O=Cc1cc(C(=O)N2CCC(c3cc(=O)[nH]c(N4CCCC4)n3)C2)ccc1B(O)O. The average molecular weight is 410 g/mol. The van der Waals surface area contributed by atoms with Crippen molar-refractivity contribution in [1.82, 2.24) is 14.9 Å². The Morgan fingerprint density at radius 3 is 2.67 bits per heavy atom. The van der Waals surface area contributed by atoms with Crippen LogP contribution in [-0.2, 0) is 0 Å². The van der Waals surface area contributed by atoms with Crippen LogP contribution in [0, 0.1) is 0 Å². The van der Waals surface area contributed by atoms with Gasteiger partial charge in [-0.2, -0.15) is 0 Å². The van der Waals surface area contributed by atoms with E-state index in [1.165, 1.54) is 24.3 Å². The standard InChI is InChI=1S/C20H23BN4O5/c26-12-15-9-13(3-4-16(15)21(29)30)19(28)25-8-5-14(11-25)17-10-18(27)23-20(22-17)24-6-1-2-7-24/h3-4,9-10,12,14,29-30H,1-2,5-8,11H2,(H,22,23,27). The van der Waals surface area contributed by atoms with Gasteiger partial charge in [-0.05, 0) is 36.9 Å². The molecule has 30 heavy (non-hydrogen) atoms. The molecule has 0 bridgehead atoms. The van der Waals surface area contributed by atoms with Gasteiger partial charge in [-0.1, -0.05) is 6.07 Å². The summed E-state index contributed by atoms with van der Waals surface area (Å²) in [5, 5.41) is 18.6. The Kier molecular flexibility index (Phi) is 5.69. The van der Waals surface area contributed by atoms with Crippen LogP contribution in [-0.4, -0.2) is 70.4 Å². The van der Waals surface area contributed by atoms with E-state index in [-0.39, 0.29) is 28.4 Å². The van der Waals surface area contributed by atoms with Crippen LogP contribution in [0.15, 0.2) is 29.1 Å². The van der Waals surface area contributed by atoms with Gasteiger partial charge in [-0.3, -0.25) is 19.4 Å². The fourth-order valence-electron chi connectivity index (χ4n) is 4.16. The van der Waals surface area contributed by atoms with E-state index < -0.39 is 7.12 Å². The van der Waals surface area contributed by atoms with Crippen LogP contribution in [0.1, 0.15) is 51.6 Å². The van der Waals surface area contributed by atoms with Crippen LogP contribution >= 0.6 is 0 Å². The summed E-state index contributed by atoms with van der Waals surface area (Å²) in [6.07, 6.45) is 3.34. The van der Waals surface area contributed by atoms with Crippen LogP contribution in [0.2, 0.25) is 0 Å². The van der Waals surface area contributed by atoms with Gasteiger partial charge in [0, 0.05) is 49.3 Å². The maximum absolute atomic E-state index is 12.9. The number of amides is 1. The van der Waals surface area contributed by atoms with Crippen molar-refractivity contribution in [3.8, 4) is 0 Å². The number of carbonyl (C=O) groups is 2. The smallest absolute Gasteiger partial charge is 0.423 e.